The number of para-hydroxylation sites is 1. The van der Waals surface area contributed by atoms with E-state index in [1.54, 1.807) is 17.6 Å². The first-order valence-electron chi connectivity index (χ1n) is 14.0. The third-order valence-corrected chi connectivity index (χ3v) is 9.24. The first kappa shape index (κ1) is 28.8. The Hall–Kier alpha value is -4.31. The molecule has 224 valence electrons. The van der Waals surface area contributed by atoms with E-state index in [9.17, 15) is 24.3 Å². The van der Waals surface area contributed by atoms with Gasteiger partial charge in [-0.05, 0) is 29.9 Å². The summed E-state index contributed by atoms with van der Waals surface area (Å²) in [7, 11) is 3.96. The molecule has 1 N–H and O–H groups in total. The summed E-state index contributed by atoms with van der Waals surface area (Å²) in [5.41, 5.74) is -0.724. The number of Topliss-reactive ketones (excluding diaryl/α,β-unsaturated/α-hetero) is 2. The fraction of sp³-hybridized carbons (Fsp3) is 0.375. The van der Waals surface area contributed by atoms with Gasteiger partial charge in [0, 0.05) is 42.0 Å². The van der Waals surface area contributed by atoms with Gasteiger partial charge in [0.1, 0.15) is 22.1 Å². The van der Waals surface area contributed by atoms with Gasteiger partial charge in [-0.2, -0.15) is 0 Å². The van der Waals surface area contributed by atoms with Crippen LogP contribution in [0.2, 0.25) is 5.02 Å². The van der Waals surface area contributed by atoms with Crippen LogP contribution in [0, 0.1) is 5.92 Å². The number of ketones is 2. The van der Waals surface area contributed by atoms with E-state index in [1.165, 1.54) is 27.4 Å². The summed E-state index contributed by atoms with van der Waals surface area (Å²) in [6.45, 7) is 2.07. The molecule has 3 heterocycles. The minimum absolute atomic E-state index is 0.00392. The smallest absolute Gasteiger partial charge is 0.306 e. The highest BCUT2D eigenvalue weighted by Gasteiger charge is 2.61. The van der Waals surface area contributed by atoms with Crippen LogP contribution >= 0.6 is 11.6 Å². The fourth-order valence-corrected chi connectivity index (χ4v) is 7.06. The van der Waals surface area contributed by atoms with Crippen LogP contribution in [0.5, 0.6) is 17.2 Å². The first-order chi connectivity index (χ1) is 20.6. The van der Waals surface area contributed by atoms with Gasteiger partial charge in [0.15, 0.2) is 17.3 Å². The zero-order chi connectivity index (χ0) is 30.8. The van der Waals surface area contributed by atoms with Crippen molar-refractivity contribution in [2.24, 2.45) is 5.92 Å². The summed E-state index contributed by atoms with van der Waals surface area (Å²) < 4.78 is 23.6. The maximum Gasteiger partial charge on any atom is 0.306 e. The van der Waals surface area contributed by atoms with Gasteiger partial charge in [-0.15, -0.1) is 0 Å². The quantitative estimate of drug-likeness (QED) is 0.396. The zero-order valence-corrected chi connectivity index (χ0v) is 24.9. The number of aliphatic hydroxyl groups excluding tert-OH is 1. The van der Waals surface area contributed by atoms with Crippen LogP contribution in [-0.4, -0.2) is 54.1 Å². The number of hydrogen-bond donors (Lipinski definition) is 1. The van der Waals surface area contributed by atoms with E-state index >= 15 is 0 Å². The number of allylic oxidation sites excluding steroid dienone is 1. The standard InChI is InChI=1S/C32H30ClNO9/c1-15-11-20(35)24(29(37)32(15)30(38)25-21(40-2)14-22(41-3)26(33)28(25)43-32)18(13-23(36)42-4)19-12-17-8-5-7-16-9-6-10-34(27(16)17)31(19)39/h5,7-8,12,14-15,18,37H,6,9-11,13H2,1-4H3/t15-,18+,32+/m1/s1. The van der Waals surface area contributed by atoms with Crippen LogP contribution < -0.4 is 19.8 Å². The number of ether oxygens (including phenoxy) is 4. The lowest BCUT2D eigenvalue weighted by Crippen LogP contribution is -2.53. The molecule has 1 aromatic heterocycles. The maximum absolute atomic E-state index is 14.2. The maximum atomic E-state index is 14.2. The second-order valence-electron chi connectivity index (χ2n) is 11.1. The van der Waals surface area contributed by atoms with E-state index < -0.39 is 47.2 Å². The van der Waals surface area contributed by atoms with Gasteiger partial charge in [0.05, 0.1) is 33.3 Å². The number of carbonyl (C=O) groups is 3. The number of aliphatic hydroxyl groups is 1. The minimum atomic E-state index is -2.06. The summed E-state index contributed by atoms with van der Waals surface area (Å²) in [6.07, 6.45) is 0.937. The average molecular weight is 608 g/mol. The van der Waals surface area contributed by atoms with Gasteiger partial charge >= 0.3 is 5.97 Å². The van der Waals surface area contributed by atoms with Crippen LogP contribution in [0.3, 0.4) is 0 Å². The fourth-order valence-electron chi connectivity index (χ4n) is 6.79. The molecule has 6 rings (SSSR count). The van der Waals surface area contributed by atoms with Crippen molar-refractivity contribution in [2.45, 2.75) is 50.7 Å². The molecule has 3 aliphatic rings. The third kappa shape index (κ3) is 4.06. The number of aromatic nitrogens is 1. The molecule has 43 heavy (non-hydrogen) atoms. The molecule has 2 aliphatic heterocycles. The van der Waals surface area contributed by atoms with Crippen molar-refractivity contribution in [3.63, 3.8) is 0 Å². The molecule has 3 aromatic rings. The number of methoxy groups -OCH3 is 3. The van der Waals surface area contributed by atoms with Crippen LogP contribution in [0.4, 0.5) is 0 Å². The summed E-state index contributed by atoms with van der Waals surface area (Å²) in [6, 6.07) is 8.83. The molecule has 2 aromatic carbocycles. The van der Waals surface area contributed by atoms with E-state index in [2.05, 4.69) is 0 Å². The Morgan fingerprint density at radius 3 is 2.60 bits per heavy atom. The van der Waals surface area contributed by atoms with Gasteiger partial charge in [0.25, 0.3) is 5.56 Å². The van der Waals surface area contributed by atoms with Crippen molar-refractivity contribution in [1.82, 2.24) is 4.57 Å². The molecule has 0 saturated carbocycles. The van der Waals surface area contributed by atoms with Gasteiger partial charge in [-0.1, -0.05) is 36.7 Å². The molecule has 11 heteroatoms. The number of aryl methyl sites for hydroxylation is 2. The van der Waals surface area contributed by atoms with Gasteiger partial charge in [0.2, 0.25) is 11.4 Å². The normalized spacial score (nSPS) is 21.6. The molecule has 1 spiro atoms. The van der Waals surface area contributed by atoms with E-state index in [0.29, 0.717) is 6.54 Å². The second-order valence-corrected chi connectivity index (χ2v) is 11.5. The zero-order valence-electron chi connectivity index (χ0n) is 24.1. The first-order valence-corrected chi connectivity index (χ1v) is 14.3. The number of hydrogen-bond acceptors (Lipinski definition) is 9. The molecular formula is C32H30ClNO9. The van der Waals surface area contributed by atoms with E-state index in [1.807, 2.05) is 18.2 Å². The molecule has 0 fully saturated rings. The van der Waals surface area contributed by atoms with E-state index in [-0.39, 0.29) is 51.0 Å². The van der Waals surface area contributed by atoms with Gasteiger partial charge < -0.3 is 28.6 Å². The highest BCUT2D eigenvalue weighted by molar-refractivity contribution is 6.35. The lowest BCUT2D eigenvalue weighted by Gasteiger charge is -2.38. The predicted octanol–water partition coefficient (Wildman–Crippen LogP) is 4.70. The van der Waals surface area contributed by atoms with Crippen LogP contribution in [-0.2, 0) is 27.3 Å². The molecular weight excluding hydrogens is 578 g/mol. The van der Waals surface area contributed by atoms with Crippen molar-refractivity contribution in [2.75, 3.05) is 21.3 Å². The van der Waals surface area contributed by atoms with Crippen LogP contribution in [0.15, 0.2) is 46.5 Å². The summed E-state index contributed by atoms with van der Waals surface area (Å²) in [5.74, 6) is -4.35. The molecule has 10 nitrogen and oxygen atoms in total. The molecule has 0 unspecified atom stereocenters. The minimum Gasteiger partial charge on any atom is -0.507 e. The molecule has 3 atom stereocenters. The Morgan fingerprint density at radius 1 is 1.16 bits per heavy atom. The lowest BCUT2D eigenvalue weighted by molar-refractivity contribution is -0.140. The second kappa shape index (κ2) is 10.4. The van der Waals surface area contributed by atoms with Gasteiger partial charge in [-0.3, -0.25) is 19.2 Å². The molecule has 1 aliphatic carbocycles. The Balaban J connectivity index is 1.61. The topological polar surface area (TPSA) is 130 Å². The van der Waals surface area contributed by atoms with Crippen molar-refractivity contribution >= 4 is 40.0 Å². The molecule has 0 saturated heterocycles. The Kier molecular flexibility index (Phi) is 7.00. The van der Waals surface area contributed by atoms with Crippen molar-refractivity contribution in [1.29, 1.82) is 0 Å². The van der Waals surface area contributed by atoms with Crippen molar-refractivity contribution in [3.05, 3.63) is 73.7 Å². The summed E-state index contributed by atoms with van der Waals surface area (Å²) in [4.78, 5) is 54.8. The number of rotatable bonds is 6. The third-order valence-electron chi connectivity index (χ3n) is 8.89. The van der Waals surface area contributed by atoms with Crippen LogP contribution in [0.1, 0.15) is 53.6 Å². The average Bonchev–Trinajstić information content (AvgIpc) is 3.32. The van der Waals surface area contributed by atoms with Crippen molar-refractivity contribution < 1.29 is 38.4 Å². The predicted molar refractivity (Wildman–Crippen MR) is 157 cm³/mol. The molecule has 0 radical (unpaired) electrons. The SMILES string of the molecule is COC(=O)C[C@H](C1=C(O)[C@@]2(Oc3c(Cl)c(OC)cc(OC)c3C2=O)[C@H](C)CC1=O)c1cc2cccc3c2n(c1=O)CCC3. The number of esters is 1. The van der Waals surface area contributed by atoms with Crippen LogP contribution in [0.25, 0.3) is 10.9 Å². The lowest BCUT2D eigenvalue weighted by atomic mass is 9.69. The molecule has 0 bridgehead atoms. The van der Waals surface area contributed by atoms with Gasteiger partial charge in [-0.25, -0.2) is 0 Å². The Bertz CT molecular complexity index is 1820. The number of carbonyl (C=O) groups excluding carboxylic acids is 3. The molecule has 0 amide bonds. The number of fused-ring (bicyclic) bond motifs is 1. The largest absolute Gasteiger partial charge is 0.507 e. The van der Waals surface area contributed by atoms with Crippen molar-refractivity contribution in [3.8, 4) is 17.2 Å². The summed E-state index contributed by atoms with van der Waals surface area (Å²) >= 11 is 6.56. The van der Waals surface area contributed by atoms with E-state index in [0.717, 1.165) is 29.3 Å². The number of benzene rings is 2. The van der Waals surface area contributed by atoms with E-state index in [4.69, 9.17) is 30.5 Å². The highest BCUT2D eigenvalue weighted by Crippen LogP contribution is 2.55. The number of pyridine rings is 1. The number of halogens is 1. The number of nitrogens with zero attached hydrogens (tertiary/aromatic N) is 1. The Labute approximate surface area is 251 Å². The monoisotopic (exact) mass is 607 g/mol. The Morgan fingerprint density at radius 2 is 1.91 bits per heavy atom. The highest BCUT2D eigenvalue weighted by atomic mass is 35.5. The summed E-state index contributed by atoms with van der Waals surface area (Å²) in [5, 5.41) is 12.8.